The number of hydrogen-bond donors (Lipinski definition) is 1. The van der Waals surface area contributed by atoms with E-state index in [0.717, 1.165) is 35.2 Å². The molecule has 1 aromatic carbocycles. The summed E-state index contributed by atoms with van der Waals surface area (Å²) in [5, 5.41) is 0.980. The van der Waals surface area contributed by atoms with Crippen molar-refractivity contribution >= 4 is 16.8 Å². The van der Waals surface area contributed by atoms with Crippen LogP contribution in [0.4, 0.5) is 0 Å². The average Bonchev–Trinajstić information content (AvgIpc) is 3.15. The van der Waals surface area contributed by atoms with E-state index in [0.29, 0.717) is 24.5 Å². The number of ether oxygens (including phenoxy) is 2. The Balaban J connectivity index is 1.40. The lowest BCUT2D eigenvalue weighted by Crippen LogP contribution is -2.42. The summed E-state index contributed by atoms with van der Waals surface area (Å²) in [6, 6.07) is 11.0. The van der Waals surface area contributed by atoms with Gasteiger partial charge in [-0.1, -0.05) is 0 Å². The van der Waals surface area contributed by atoms with Gasteiger partial charge in [-0.15, -0.1) is 0 Å². The van der Waals surface area contributed by atoms with Crippen LogP contribution in [0.2, 0.25) is 0 Å². The number of benzene rings is 1. The third-order valence-corrected chi connectivity index (χ3v) is 5.57. The number of rotatable bonds is 4. The highest BCUT2D eigenvalue weighted by Gasteiger charge is 2.26. The highest BCUT2D eigenvalue weighted by Crippen LogP contribution is 2.24. The Bertz CT molecular complexity index is 1110. The van der Waals surface area contributed by atoms with E-state index < -0.39 is 0 Å². The molecule has 1 N–H and O–H groups in total. The van der Waals surface area contributed by atoms with Crippen molar-refractivity contribution in [3.05, 3.63) is 58.1 Å². The van der Waals surface area contributed by atoms with Crippen LogP contribution in [0, 0.1) is 6.92 Å². The first kappa shape index (κ1) is 19.1. The molecule has 1 aliphatic rings. The number of hydrogen-bond acceptors (Lipinski definition) is 4. The van der Waals surface area contributed by atoms with Gasteiger partial charge in [-0.25, -0.2) is 0 Å². The highest BCUT2D eigenvalue weighted by molar-refractivity contribution is 5.98. The fraction of sp³-hybridized carbons (Fsp3) is 0.364. The summed E-state index contributed by atoms with van der Waals surface area (Å²) < 4.78 is 12.8. The minimum absolute atomic E-state index is 0.00229. The molecule has 0 bridgehead atoms. The van der Waals surface area contributed by atoms with E-state index in [-0.39, 0.29) is 17.6 Å². The van der Waals surface area contributed by atoms with Crippen LogP contribution in [0.1, 0.15) is 29.0 Å². The standard InChI is InChI=1S/C22H25N3O4/c1-14-10-18(13-21(26)24(14)2)29-16-6-8-25(9-7-16)22(27)20-11-15-4-5-17(28-3)12-19(15)23-20/h4-5,10-13,16,23H,6-9H2,1-3H3. The highest BCUT2D eigenvalue weighted by atomic mass is 16.5. The molecule has 1 fully saturated rings. The summed E-state index contributed by atoms with van der Waals surface area (Å²) in [5.41, 5.74) is 2.24. The number of amides is 1. The zero-order valence-corrected chi connectivity index (χ0v) is 16.9. The van der Waals surface area contributed by atoms with Crippen molar-refractivity contribution in [2.45, 2.75) is 25.9 Å². The number of H-pyrrole nitrogens is 1. The molecule has 7 nitrogen and oxygen atoms in total. The van der Waals surface area contributed by atoms with Crippen LogP contribution in [0.15, 0.2) is 41.2 Å². The molecule has 0 aliphatic carbocycles. The Hall–Kier alpha value is -3.22. The molecule has 0 radical (unpaired) electrons. The van der Waals surface area contributed by atoms with Gasteiger partial charge in [0.2, 0.25) is 0 Å². The number of likely N-dealkylation sites (tertiary alicyclic amines) is 1. The van der Waals surface area contributed by atoms with Gasteiger partial charge in [0.25, 0.3) is 11.5 Å². The molecule has 7 heteroatoms. The number of carbonyl (C=O) groups is 1. The molecule has 0 saturated carbocycles. The topological polar surface area (TPSA) is 76.6 Å². The van der Waals surface area contributed by atoms with Crippen molar-refractivity contribution < 1.29 is 14.3 Å². The summed E-state index contributed by atoms with van der Waals surface area (Å²) in [4.78, 5) is 29.9. The predicted octanol–water partition coefficient (Wildman–Crippen LogP) is 2.87. The average molecular weight is 395 g/mol. The molecule has 29 heavy (non-hydrogen) atoms. The van der Waals surface area contributed by atoms with Crippen molar-refractivity contribution in [3.8, 4) is 11.5 Å². The fourth-order valence-electron chi connectivity index (χ4n) is 3.69. The number of aromatic amines is 1. The monoisotopic (exact) mass is 395 g/mol. The van der Waals surface area contributed by atoms with Gasteiger partial charge in [-0.05, 0) is 31.2 Å². The van der Waals surface area contributed by atoms with Gasteiger partial charge in [0.05, 0.1) is 7.11 Å². The number of aromatic nitrogens is 2. The van der Waals surface area contributed by atoms with Gasteiger partial charge in [0.1, 0.15) is 23.3 Å². The van der Waals surface area contributed by atoms with Gasteiger partial charge in [0, 0.05) is 61.7 Å². The lowest BCUT2D eigenvalue weighted by Gasteiger charge is -2.32. The second-order valence-electron chi connectivity index (χ2n) is 7.48. The van der Waals surface area contributed by atoms with Crippen LogP contribution in [0.25, 0.3) is 10.9 Å². The Labute approximate surface area is 168 Å². The first-order chi connectivity index (χ1) is 13.9. The molecule has 4 rings (SSSR count). The lowest BCUT2D eigenvalue weighted by atomic mass is 10.1. The summed E-state index contributed by atoms with van der Waals surface area (Å²) >= 11 is 0. The van der Waals surface area contributed by atoms with Crippen LogP contribution < -0.4 is 15.0 Å². The molecule has 0 atom stereocenters. The van der Waals surface area contributed by atoms with Crippen molar-refractivity contribution in [1.29, 1.82) is 0 Å². The van der Waals surface area contributed by atoms with Crippen molar-refractivity contribution in [2.24, 2.45) is 7.05 Å². The Morgan fingerprint density at radius 2 is 1.86 bits per heavy atom. The third-order valence-electron chi connectivity index (χ3n) is 5.57. The van der Waals surface area contributed by atoms with Crippen LogP contribution in [-0.2, 0) is 7.05 Å². The lowest BCUT2D eigenvalue weighted by molar-refractivity contribution is 0.0590. The second kappa shape index (κ2) is 7.66. The quantitative estimate of drug-likeness (QED) is 0.737. The van der Waals surface area contributed by atoms with Gasteiger partial charge >= 0.3 is 0 Å². The van der Waals surface area contributed by atoms with Crippen LogP contribution in [0.3, 0.4) is 0 Å². The molecule has 2 aromatic heterocycles. The fourth-order valence-corrected chi connectivity index (χ4v) is 3.69. The molecule has 152 valence electrons. The van der Waals surface area contributed by atoms with E-state index in [1.807, 2.05) is 42.2 Å². The SMILES string of the molecule is COc1ccc2cc(C(=O)N3CCC(Oc4cc(C)n(C)c(=O)c4)CC3)[nH]c2c1. The second-order valence-corrected chi connectivity index (χ2v) is 7.48. The number of nitrogens with zero attached hydrogens (tertiary/aromatic N) is 2. The smallest absolute Gasteiger partial charge is 0.270 e. The minimum Gasteiger partial charge on any atom is -0.497 e. The molecule has 3 heterocycles. The number of carbonyl (C=O) groups excluding carboxylic acids is 1. The molecular formula is C22H25N3O4. The Morgan fingerprint density at radius 3 is 2.55 bits per heavy atom. The van der Waals surface area contributed by atoms with Gasteiger partial charge in [-0.2, -0.15) is 0 Å². The number of fused-ring (bicyclic) bond motifs is 1. The van der Waals surface area contributed by atoms with E-state index in [1.54, 1.807) is 18.7 Å². The number of aryl methyl sites for hydroxylation is 1. The first-order valence-electron chi connectivity index (χ1n) is 9.75. The zero-order valence-electron chi connectivity index (χ0n) is 16.9. The molecular weight excluding hydrogens is 370 g/mol. The third kappa shape index (κ3) is 3.85. The maximum atomic E-state index is 12.9. The van der Waals surface area contributed by atoms with E-state index in [2.05, 4.69) is 4.98 Å². The number of piperidine rings is 1. The molecule has 1 saturated heterocycles. The summed E-state index contributed by atoms with van der Waals surface area (Å²) in [6.07, 6.45) is 1.46. The molecule has 0 unspecified atom stereocenters. The van der Waals surface area contributed by atoms with Crippen molar-refractivity contribution in [1.82, 2.24) is 14.5 Å². The number of nitrogens with one attached hydrogen (secondary N) is 1. The van der Waals surface area contributed by atoms with E-state index in [1.165, 1.54) is 6.07 Å². The van der Waals surface area contributed by atoms with Crippen LogP contribution >= 0.6 is 0 Å². The van der Waals surface area contributed by atoms with Crippen molar-refractivity contribution in [3.63, 3.8) is 0 Å². The number of methoxy groups -OCH3 is 1. The Morgan fingerprint density at radius 1 is 1.10 bits per heavy atom. The number of pyridine rings is 1. The van der Waals surface area contributed by atoms with Crippen molar-refractivity contribution in [2.75, 3.05) is 20.2 Å². The molecule has 0 spiro atoms. The predicted molar refractivity (Wildman–Crippen MR) is 111 cm³/mol. The van der Waals surface area contributed by atoms with Gasteiger partial charge < -0.3 is 23.9 Å². The normalized spacial score (nSPS) is 14.9. The van der Waals surface area contributed by atoms with Gasteiger partial charge in [0.15, 0.2) is 0 Å². The maximum absolute atomic E-state index is 12.9. The summed E-state index contributed by atoms with van der Waals surface area (Å²) in [5.74, 6) is 1.34. The van der Waals surface area contributed by atoms with E-state index in [9.17, 15) is 9.59 Å². The Kier molecular flexibility index (Phi) is 5.05. The van der Waals surface area contributed by atoms with Crippen LogP contribution in [0.5, 0.6) is 11.5 Å². The largest absolute Gasteiger partial charge is 0.497 e. The molecule has 1 aliphatic heterocycles. The van der Waals surface area contributed by atoms with E-state index >= 15 is 0 Å². The molecule has 1 amide bonds. The summed E-state index contributed by atoms with van der Waals surface area (Å²) in [6.45, 7) is 3.11. The van der Waals surface area contributed by atoms with Crippen LogP contribution in [-0.4, -0.2) is 46.7 Å². The maximum Gasteiger partial charge on any atom is 0.270 e. The summed E-state index contributed by atoms with van der Waals surface area (Å²) in [7, 11) is 3.36. The minimum atomic E-state index is -0.0805. The van der Waals surface area contributed by atoms with E-state index in [4.69, 9.17) is 9.47 Å². The first-order valence-corrected chi connectivity index (χ1v) is 9.75. The zero-order chi connectivity index (χ0) is 20.5. The molecule has 3 aromatic rings. The van der Waals surface area contributed by atoms with Gasteiger partial charge in [-0.3, -0.25) is 9.59 Å².